The number of amides is 1. The highest BCUT2D eigenvalue weighted by atomic mass is 16.6. The van der Waals surface area contributed by atoms with Gasteiger partial charge in [0.15, 0.2) is 0 Å². The van der Waals surface area contributed by atoms with Crippen LogP contribution in [0.3, 0.4) is 0 Å². The molecule has 1 aliphatic heterocycles. The van der Waals surface area contributed by atoms with Gasteiger partial charge in [-0.25, -0.2) is 4.79 Å². The van der Waals surface area contributed by atoms with E-state index in [0.717, 1.165) is 31.4 Å². The number of hydrogen-bond donors (Lipinski definition) is 0. The van der Waals surface area contributed by atoms with Gasteiger partial charge >= 0.3 is 12.1 Å². The molecule has 1 heterocycles. The zero-order chi connectivity index (χ0) is 15.8. The average Bonchev–Trinajstić information content (AvgIpc) is 2.58. The van der Waals surface area contributed by atoms with Crippen molar-refractivity contribution in [1.29, 1.82) is 0 Å². The molecular formula is C17H23NO4. The Bertz CT molecular complexity index is 489. The lowest BCUT2D eigenvalue weighted by Gasteiger charge is -2.31. The molecule has 2 rings (SSSR count). The van der Waals surface area contributed by atoms with Gasteiger partial charge in [0.05, 0.1) is 7.11 Å². The Morgan fingerprint density at radius 1 is 1.27 bits per heavy atom. The second kappa shape index (κ2) is 8.41. The van der Waals surface area contributed by atoms with Gasteiger partial charge in [-0.2, -0.15) is 0 Å². The van der Waals surface area contributed by atoms with Crippen LogP contribution >= 0.6 is 0 Å². The molecule has 1 atom stereocenters. The number of methoxy groups -OCH3 is 1. The number of ether oxygens (including phenoxy) is 2. The van der Waals surface area contributed by atoms with E-state index in [1.54, 1.807) is 4.90 Å². The number of likely N-dealkylation sites (tertiary alicyclic amines) is 1. The number of carbonyl (C=O) groups excluding carboxylic acids is 2. The van der Waals surface area contributed by atoms with Crippen LogP contribution in [0, 0.1) is 5.92 Å². The number of nitrogens with zero attached hydrogens (tertiary/aromatic N) is 1. The summed E-state index contributed by atoms with van der Waals surface area (Å²) in [5.74, 6) is 0.154. The Morgan fingerprint density at radius 3 is 2.77 bits per heavy atom. The zero-order valence-electron chi connectivity index (χ0n) is 13.0. The third kappa shape index (κ3) is 5.06. The van der Waals surface area contributed by atoms with Crippen LogP contribution in [-0.4, -0.2) is 37.2 Å². The van der Waals surface area contributed by atoms with Crippen molar-refractivity contribution in [3.05, 3.63) is 35.9 Å². The van der Waals surface area contributed by atoms with Crippen molar-refractivity contribution < 1.29 is 19.1 Å². The molecule has 5 heteroatoms. The monoisotopic (exact) mass is 305 g/mol. The maximum absolute atomic E-state index is 12.1. The predicted molar refractivity (Wildman–Crippen MR) is 82.2 cm³/mol. The molecule has 0 saturated carbocycles. The average molecular weight is 305 g/mol. The van der Waals surface area contributed by atoms with E-state index in [2.05, 4.69) is 4.74 Å². The smallest absolute Gasteiger partial charge is 0.410 e. The van der Waals surface area contributed by atoms with Crippen molar-refractivity contribution in [1.82, 2.24) is 4.90 Å². The summed E-state index contributed by atoms with van der Waals surface area (Å²) in [6.45, 7) is 1.68. The molecule has 5 nitrogen and oxygen atoms in total. The third-order valence-electron chi connectivity index (χ3n) is 3.97. The van der Waals surface area contributed by atoms with Crippen LogP contribution in [0.5, 0.6) is 0 Å². The van der Waals surface area contributed by atoms with E-state index in [-0.39, 0.29) is 12.1 Å². The van der Waals surface area contributed by atoms with Gasteiger partial charge in [0.1, 0.15) is 6.61 Å². The van der Waals surface area contributed by atoms with Gasteiger partial charge < -0.3 is 14.4 Å². The molecule has 1 aliphatic rings. The van der Waals surface area contributed by atoms with Gasteiger partial charge in [0.25, 0.3) is 0 Å². The molecule has 0 radical (unpaired) electrons. The van der Waals surface area contributed by atoms with Crippen LogP contribution in [-0.2, 0) is 20.9 Å². The highest BCUT2D eigenvalue weighted by Gasteiger charge is 2.25. The van der Waals surface area contributed by atoms with Crippen LogP contribution in [0.1, 0.15) is 31.2 Å². The van der Waals surface area contributed by atoms with Gasteiger partial charge in [-0.05, 0) is 30.7 Å². The third-order valence-corrected chi connectivity index (χ3v) is 3.97. The quantitative estimate of drug-likeness (QED) is 0.785. The number of hydrogen-bond acceptors (Lipinski definition) is 4. The summed E-state index contributed by atoms with van der Waals surface area (Å²) in [6.07, 6.45) is 2.89. The summed E-state index contributed by atoms with van der Waals surface area (Å²) in [5.41, 5.74) is 0.982. The first kappa shape index (κ1) is 16.3. The maximum atomic E-state index is 12.1. The van der Waals surface area contributed by atoms with Gasteiger partial charge in [0.2, 0.25) is 0 Å². The number of piperidine rings is 1. The summed E-state index contributed by atoms with van der Waals surface area (Å²) in [5, 5.41) is 0. The highest BCUT2D eigenvalue weighted by Crippen LogP contribution is 2.22. The molecule has 120 valence electrons. The van der Waals surface area contributed by atoms with Crippen molar-refractivity contribution in [3.8, 4) is 0 Å². The molecule has 0 spiro atoms. The molecule has 0 N–H and O–H groups in total. The maximum Gasteiger partial charge on any atom is 0.410 e. The van der Waals surface area contributed by atoms with Crippen molar-refractivity contribution in [2.45, 2.75) is 32.3 Å². The molecular weight excluding hydrogens is 282 g/mol. The number of rotatable bonds is 5. The Kier molecular flexibility index (Phi) is 6.25. The molecule has 1 aromatic rings. The van der Waals surface area contributed by atoms with E-state index in [9.17, 15) is 9.59 Å². The van der Waals surface area contributed by atoms with Crippen molar-refractivity contribution >= 4 is 12.1 Å². The van der Waals surface area contributed by atoms with Gasteiger partial charge in [-0.15, -0.1) is 0 Å². The first-order valence-corrected chi connectivity index (χ1v) is 7.71. The first-order chi connectivity index (χ1) is 10.7. The summed E-state index contributed by atoms with van der Waals surface area (Å²) < 4.78 is 10.0. The summed E-state index contributed by atoms with van der Waals surface area (Å²) in [7, 11) is 1.40. The SMILES string of the molecule is COC(=O)CC[C@@H]1CCCN(C(=O)OCc2ccccc2)C1. The molecule has 0 aromatic heterocycles. The minimum Gasteiger partial charge on any atom is -0.469 e. The van der Waals surface area contributed by atoms with Gasteiger partial charge in [-0.1, -0.05) is 30.3 Å². The van der Waals surface area contributed by atoms with E-state index >= 15 is 0 Å². The van der Waals surface area contributed by atoms with Crippen LogP contribution in [0.4, 0.5) is 4.79 Å². The van der Waals surface area contributed by atoms with E-state index in [4.69, 9.17) is 4.74 Å². The lowest BCUT2D eigenvalue weighted by Crippen LogP contribution is -2.40. The van der Waals surface area contributed by atoms with Crippen LogP contribution in [0.25, 0.3) is 0 Å². The molecule has 0 unspecified atom stereocenters. The predicted octanol–water partition coefficient (Wildman–Crippen LogP) is 2.99. The fourth-order valence-corrected chi connectivity index (χ4v) is 2.70. The highest BCUT2D eigenvalue weighted by molar-refractivity contribution is 5.69. The summed E-state index contributed by atoms with van der Waals surface area (Å²) in [6, 6.07) is 9.65. The topological polar surface area (TPSA) is 55.8 Å². The lowest BCUT2D eigenvalue weighted by atomic mass is 9.94. The number of esters is 1. The number of carbonyl (C=O) groups is 2. The summed E-state index contributed by atoms with van der Waals surface area (Å²) in [4.78, 5) is 25.1. The minimum absolute atomic E-state index is 0.191. The van der Waals surface area contributed by atoms with Crippen LogP contribution in [0.2, 0.25) is 0 Å². The Morgan fingerprint density at radius 2 is 2.05 bits per heavy atom. The first-order valence-electron chi connectivity index (χ1n) is 7.71. The standard InChI is InChI=1S/C17H23NO4/c1-21-16(19)10-9-14-8-5-11-18(12-14)17(20)22-13-15-6-3-2-4-7-15/h2-4,6-7,14H,5,8-13H2,1H3/t14-/m0/s1. The molecule has 1 fully saturated rings. The lowest BCUT2D eigenvalue weighted by molar-refractivity contribution is -0.141. The molecule has 1 aromatic carbocycles. The van der Waals surface area contributed by atoms with E-state index in [1.807, 2.05) is 30.3 Å². The zero-order valence-corrected chi connectivity index (χ0v) is 13.0. The normalized spacial score (nSPS) is 17.9. The molecule has 1 amide bonds. The van der Waals surface area contributed by atoms with Crippen molar-refractivity contribution in [2.24, 2.45) is 5.92 Å². The fraction of sp³-hybridized carbons (Fsp3) is 0.529. The fourth-order valence-electron chi connectivity index (χ4n) is 2.70. The second-order valence-corrected chi connectivity index (χ2v) is 5.61. The van der Waals surface area contributed by atoms with E-state index in [1.165, 1.54) is 7.11 Å². The Balaban J connectivity index is 1.76. The molecule has 22 heavy (non-hydrogen) atoms. The van der Waals surface area contributed by atoms with Crippen molar-refractivity contribution in [3.63, 3.8) is 0 Å². The molecule has 0 bridgehead atoms. The van der Waals surface area contributed by atoms with Gasteiger partial charge in [-0.3, -0.25) is 4.79 Å². The molecule has 0 aliphatic carbocycles. The number of benzene rings is 1. The van der Waals surface area contributed by atoms with Crippen LogP contribution < -0.4 is 0 Å². The van der Waals surface area contributed by atoms with E-state index < -0.39 is 0 Å². The minimum atomic E-state index is -0.272. The van der Waals surface area contributed by atoms with Gasteiger partial charge in [0, 0.05) is 19.5 Å². The second-order valence-electron chi connectivity index (χ2n) is 5.61. The van der Waals surface area contributed by atoms with Crippen molar-refractivity contribution in [2.75, 3.05) is 20.2 Å². The van der Waals surface area contributed by atoms with E-state index in [0.29, 0.717) is 25.5 Å². The van der Waals surface area contributed by atoms with Crippen LogP contribution in [0.15, 0.2) is 30.3 Å². The largest absolute Gasteiger partial charge is 0.469 e. The Labute approximate surface area is 131 Å². The molecule has 1 saturated heterocycles. The Hall–Kier alpha value is -2.04. The summed E-state index contributed by atoms with van der Waals surface area (Å²) >= 11 is 0.